The van der Waals surface area contributed by atoms with Gasteiger partial charge < -0.3 is 20.8 Å². The number of fused-ring (bicyclic) bond motifs is 2. The van der Waals surface area contributed by atoms with Crippen LogP contribution < -0.4 is 10.6 Å². The van der Waals surface area contributed by atoms with Gasteiger partial charge in [-0.05, 0) is 30.7 Å². The van der Waals surface area contributed by atoms with Crippen LogP contribution in [0.3, 0.4) is 0 Å². The first kappa shape index (κ1) is 19.8. The molecule has 2 fully saturated rings. The van der Waals surface area contributed by atoms with Gasteiger partial charge in [-0.2, -0.15) is 0 Å². The zero-order chi connectivity index (χ0) is 20.7. The molecule has 1 heterocycles. The van der Waals surface area contributed by atoms with E-state index in [1.165, 1.54) is 11.8 Å². The molecule has 1 aliphatic heterocycles. The highest BCUT2D eigenvalue weighted by molar-refractivity contribution is 8.15. The third kappa shape index (κ3) is 3.70. The summed E-state index contributed by atoms with van der Waals surface area (Å²) in [6.45, 7) is 0. The Kier molecular flexibility index (Phi) is 5.43. The fraction of sp³-hybridized carbons (Fsp3) is 0.478. The minimum absolute atomic E-state index is 0.0167. The molecule has 5 rings (SSSR count). The average molecular weight is 426 g/mol. The first-order valence-electron chi connectivity index (χ1n) is 10.8. The summed E-state index contributed by atoms with van der Waals surface area (Å²) in [5.41, 5.74) is 0.944. The number of aliphatic imine (C=N–C) groups is 1. The van der Waals surface area contributed by atoms with Gasteiger partial charge in [-0.25, -0.2) is 0 Å². The lowest BCUT2D eigenvalue weighted by molar-refractivity contribution is -0.130. The molecule has 2 aliphatic carbocycles. The van der Waals surface area contributed by atoms with Crippen LogP contribution in [0, 0.1) is 5.92 Å². The molecule has 0 radical (unpaired) electrons. The highest BCUT2D eigenvalue weighted by atomic mass is 32.2. The zero-order valence-electron chi connectivity index (χ0n) is 16.7. The Morgan fingerprint density at radius 3 is 2.67 bits per heavy atom. The Morgan fingerprint density at radius 1 is 1.07 bits per heavy atom. The quantitative estimate of drug-likeness (QED) is 0.607. The van der Waals surface area contributed by atoms with Crippen molar-refractivity contribution >= 4 is 39.3 Å². The number of hydrogen-bond donors (Lipinski definition) is 4. The number of anilines is 1. The Balaban J connectivity index is 1.36. The third-order valence-electron chi connectivity index (χ3n) is 6.56. The summed E-state index contributed by atoms with van der Waals surface area (Å²) in [7, 11) is 0. The molecule has 7 heteroatoms. The van der Waals surface area contributed by atoms with Crippen molar-refractivity contribution in [3.8, 4) is 0 Å². The molecule has 0 saturated heterocycles. The molecule has 4 N–H and O–H groups in total. The van der Waals surface area contributed by atoms with Gasteiger partial charge in [-0.3, -0.25) is 9.79 Å². The second-order valence-electron chi connectivity index (χ2n) is 8.55. The molecule has 2 aromatic carbocycles. The van der Waals surface area contributed by atoms with Gasteiger partial charge in [0.05, 0.1) is 18.1 Å². The van der Waals surface area contributed by atoms with Crippen LogP contribution in [0.2, 0.25) is 0 Å². The largest absolute Gasteiger partial charge is 0.390 e. The molecule has 0 spiro atoms. The highest BCUT2D eigenvalue weighted by Crippen LogP contribution is 2.42. The van der Waals surface area contributed by atoms with Crippen LogP contribution in [0.15, 0.2) is 47.5 Å². The normalized spacial score (nSPS) is 31.4. The van der Waals surface area contributed by atoms with Gasteiger partial charge in [0, 0.05) is 22.4 Å². The van der Waals surface area contributed by atoms with Crippen LogP contribution in [0.1, 0.15) is 32.1 Å². The van der Waals surface area contributed by atoms with E-state index in [1.54, 1.807) is 0 Å². The van der Waals surface area contributed by atoms with E-state index in [1.807, 2.05) is 24.3 Å². The summed E-state index contributed by atoms with van der Waals surface area (Å²) in [6.07, 6.45) is 2.73. The Morgan fingerprint density at radius 2 is 1.83 bits per heavy atom. The number of benzene rings is 2. The van der Waals surface area contributed by atoms with E-state index in [0.29, 0.717) is 5.17 Å². The molecule has 2 saturated carbocycles. The fourth-order valence-corrected chi connectivity index (χ4v) is 6.31. The van der Waals surface area contributed by atoms with Crippen LogP contribution >= 0.6 is 11.8 Å². The molecule has 5 unspecified atom stereocenters. The fourth-order valence-electron chi connectivity index (χ4n) is 4.94. The third-order valence-corrected chi connectivity index (χ3v) is 7.87. The molecule has 1 amide bonds. The van der Waals surface area contributed by atoms with E-state index in [-0.39, 0.29) is 29.5 Å². The van der Waals surface area contributed by atoms with E-state index >= 15 is 0 Å². The molecule has 30 heavy (non-hydrogen) atoms. The lowest BCUT2D eigenvalue weighted by Gasteiger charge is -2.37. The second kappa shape index (κ2) is 8.21. The van der Waals surface area contributed by atoms with Gasteiger partial charge in [0.2, 0.25) is 5.91 Å². The summed E-state index contributed by atoms with van der Waals surface area (Å²) in [5.74, 6) is -0.383. The van der Waals surface area contributed by atoms with E-state index < -0.39 is 18.2 Å². The van der Waals surface area contributed by atoms with Crippen molar-refractivity contribution in [3.63, 3.8) is 0 Å². The molecule has 3 aliphatic rings. The minimum atomic E-state index is -0.954. The van der Waals surface area contributed by atoms with Crippen molar-refractivity contribution in [2.45, 2.75) is 61.6 Å². The predicted octanol–water partition coefficient (Wildman–Crippen LogP) is 2.89. The monoisotopic (exact) mass is 425 g/mol. The maximum Gasteiger partial charge on any atom is 0.224 e. The number of thioether (sulfide) groups is 1. The van der Waals surface area contributed by atoms with Crippen LogP contribution in [-0.2, 0) is 4.79 Å². The lowest BCUT2D eigenvalue weighted by atomic mass is 9.81. The van der Waals surface area contributed by atoms with Crippen molar-refractivity contribution < 1.29 is 15.0 Å². The maximum atomic E-state index is 13.0. The number of nitrogens with one attached hydrogen (secondary N) is 2. The smallest absolute Gasteiger partial charge is 0.224 e. The lowest BCUT2D eigenvalue weighted by Crippen LogP contribution is -2.54. The van der Waals surface area contributed by atoms with Crippen LogP contribution in [0.25, 0.3) is 10.8 Å². The number of nitrogens with zero attached hydrogens (tertiary/aromatic N) is 1. The van der Waals surface area contributed by atoms with E-state index in [4.69, 9.17) is 0 Å². The summed E-state index contributed by atoms with van der Waals surface area (Å²) < 4.78 is 0. The standard InChI is InChI=1S/C23H27N3O3S/c27-18-12-16(22(29)24-14-8-2-3-9-14)21-19(20(18)28)26-23(30-21)25-17-11-5-7-13-6-1-4-10-15(13)17/h1,4-7,10-11,14,16,18-21,27-28H,2-3,8-9,12H2,(H,24,29)(H,25,26). The summed E-state index contributed by atoms with van der Waals surface area (Å²) in [4.78, 5) is 17.7. The van der Waals surface area contributed by atoms with Crippen LogP contribution in [0.5, 0.6) is 0 Å². The summed E-state index contributed by atoms with van der Waals surface area (Å²) >= 11 is 1.51. The molecule has 6 nitrogen and oxygen atoms in total. The number of hydrogen-bond acceptors (Lipinski definition) is 6. The Bertz CT molecular complexity index is 970. The first-order chi connectivity index (χ1) is 14.6. The minimum Gasteiger partial charge on any atom is -0.390 e. The van der Waals surface area contributed by atoms with Gasteiger partial charge in [-0.15, -0.1) is 0 Å². The number of aliphatic hydroxyl groups is 2. The number of amidine groups is 1. The summed E-state index contributed by atoms with van der Waals surface area (Å²) in [6, 6.07) is 13.9. The molecule has 5 atom stereocenters. The topological polar surface area (TPSA) is 94.0 Å². The van der Waals surface area contributed by atoms with Crippen LogP contribution in [-0.4, -0.2) is 50.8 Å². The number of rotatable bonds is 3. The number of carbonyl (C=O) groups is 1. The maximum absolute atomic E-state index is 13.0. The Labute approximate surface area is 180 Å². The second-order valence-corrected chi connectivity index (χ2v) is 9.72. The SMILES string of the molecule is O=C(NC1CCCC1)C1CC(O)C(O)C2N=C(Nc3cccc4ccccc34)SC12. The predicted molar refractivity (Wildman–Crippen MR) is 121 cm³/mol. The van der Waals surface area contributed by atoms with Gasteiger partial charge >= 0.3 is 0 Å². The zero-order valence-corrected chi connectivity index (χ0v) is 17.5. The molecule has 158 valence electrons. The van der Waals surface area contributed by atoms with Crippen molar-refractivity contribution in [1.82, 2.24) is 5.32 Å². The highest BCUT2D eigenvalue weighted by Gasteiger charge is 2.50. The number of aliphatic hydroxyl groups excluding tert-OH is 2. The molecular weight excluding hydrogens is 398 g/mol. The van der Waals surface area contributed by atoms with Gasteiger partial charge in [0.25, 0.3) is 0 Å². The van der Waals surface area contributed by atoms with Crippen LogP contribution in [0.4, 0.5) is 5.69 Å². The number of amides is 1. The Hall–Kier alpha value is -2.09. The van der Waals surface area contributed by atoms with Crippen molar-refractivity contribution in [3.05, 3.63) is 42.5 Å². The summed E-state index contributed by atoms with van der Waals surface area (Å²) in [5, 5.41) is 30.3. The first-order valence-corrected chi connectivity index (χ1v) is 11.6. The number of carbonyl (C=O) groups excluding carboxylic acids is 1. The van der Waals surface area contributed by atoms with Crippen molar-refractivity contribution in [1.29, 1.82) is 0 Å². The molecule has 2 aromatic rings. The van der Waals surface area contributed by atoms with Gasteiger partial charge in [-0.1, -0.05) is 61.0 Å². The van der Waals surface area contributed by atoms with E-state index in [0.717, 1.165) is 42.1 Å². The molecule has 0 bridgehead atoms. The average Bonchev–Trinajstić information content (AvgIpc) is 3.41. The molecule has 0 aromatic heterocycles. The van der Waals surface area contributed by atoms with Crippen molar-refractivity contribution in [2.24, 2.45) is 10.9 Å². The van der Waals surface area contributed by atoms with E-state index in [9.17, 15) is 15.0 Å². The van der Waals surface area contributed by atoms with Gasteiger partial charge in [0.1, 0.15) is 6.10 Å². The molecular formula is C23H27N3O3S. The van der Waals surface area contributed by atoms with Gasteiger partial charge in [0.15, 0.2) is 5.17 Å². The van der Waals surface area contributed by atoms with Crippen molar-refractivity contribution in [2.75, 3.05) is 5.32 Å². The van der Waals surface area contributed by atoms with E-state index in [2.05, 4.69) is 33.8 Å².